The molecule has 4 nitrogen and oxygen atoms in total. The van der Waals surface area contributed by atoms with Crippen molar-refractivity contribution in [2.75, 3.05) is 13.2 Å². The van der Waals surface area contributed by atoms with E-state index in [1.165, 1.54) is 34.5 Å². The van der Waals surface area contributed by atoms with Gasteiger partial charge in [0.1, 0.15) is 6.61 Å². The van der Waals surface area contributed by atoms with E-state index in [4.69, 9.17) is 16.3 Å². The highest BCUT2D eigenvalue weighted by atomic mass is 35.5. The van der Waals surface area contributed by atoms with E-state index < -0.39 is 11.9 Å². The van der Waals surface area contributed by atoms with Gasteiger partial charge in [-0.1, -0.05) is 72.3 Å². The molecule has 1 N–H and O–H groups in total. The number of fused-ring (bicyclic) bond motifs is 3. The highest BCUT2D eigenvalue weighted by Gasteiger charge is 2.28. The molecule has 0 saturated heterocycles. The second-order valence-electron chi connectivity index (χ2n) is 6.65. The first-order chi connectivity index (χ1) is 14.1. The Bertz CT molecular complexity index is 1040. The number of aromatic nitrogens is 1. The summed E-state index contributed by atoms with van der Waals surface area (Å²) in [6.07, 6.45) is 4.29. The van der Waals surface area contributed by atoms with Gasteiger partial charge >= 0.3 is 6.09 Å². The minimum absolute atomic E-state index is 0.0202. The quantitative estimate of drug-likeness (QED) is 0.573. The van der Waals surface area contributed by atoms with Crippen LogP contribution in [-0.4, -0.2) is 24.2 Å². The molecule has 6 heteroatoms. The largest absolute Gasteiger partial charge is 0.449 e. The summed E-state index contributed by atoms with van der Waals surface area (Å²) in [6.45, 7) is 0.511. The Kier molecular flexibility index (Phi) is 5.58. The first kappa shape index (κ1) is 19.2. The van der Waals surface area contributed by atoms with E-state index in [9.17, 15) is 9.18 Å². The number of nitrogens with one attached hydrogen (secondary N) is 1. The topological polar surface area (TPSA) is 51.2 Å². The van der Waals surface area contributed by atoms with Crippen molar-refractivity contribution in [1.29, 1.82) is 0 Å². The number of carbonyl (C=O) groups is 1. The Morgan fingerprint density at radius 2 is 1.79 bits per heavy atom. The molecular formula is C23H18ClFN2O2. The van der Waals surface area contributed by atoms with Crippen LogP contribution in [-0.2, 0) is 4.74 Å². The van der Waals surface area contributed by atoms with Gasteiger partial charge in [0, 0.05) is 18.7 Å². The molecule has 0 saturated carbocycles. The average Bonchev–Trinajstić information content (AvgIpc) is 3.06. The second kappa shape index (κ2) is 8.45. The third-order valence-corrected chi connectivity index (χ3v) is 5.11. The van der Waals surface area contributed by atoms with Gasteiger partial charge in [-0.25, -0.2) is 14.2 Å². The van der Waals surface area contributed by atoms with Crippen LogP contribution >= 0.6 is 11.6 Å². The minimum Gasteiger partial charge on any atom is -0.449 e. The number of halogens is 2. The van der Waals surface area contributed by atoms with Gasteiger partial charge in [-0.15, -0.1) is 0 Å². The fourth-order valence-corrected chi connectivity index (χ4v) is 3.62. The lowest BCUT2D eigenvalue weighted by atomic mass is 9.98. The number of hydrogen-bond acceptors (Lipinski definition) is 3. The number of ether oxygens (including phenoxy) is 1. The number of carbonyl (C=O) groups excluding carboxylic acids is 1. The minimum atomic E-state index is -0.585. The summed E-state index contributed by atoms with van der Waals surface area (Å²) in [5.41, 5.74) is 5.26. The van der Waals surface area contributed by atoms with E-state index in [0.29, 0.717) is 5.56 Å². The third-order valence-electron chi connectivity index (χ3n) is 4.84. The zero-order chi connectivity index (χ0) is 20.2. The Morgan fingerprint density at radius 1 is 1.14 bits per heavy atom. The molecule has 2 aromatic carbocycles. The third kappa shape index (κ3) is 4.15. The summed E-state index contributed by atoms with van der Waals surface area (Å²) < 4.78 is 18.8. The van der Waals surface area contributed by atoms with Gasteiger partial charge in [0.05, 0.1) is 0 Å². The zero-order valence-corrected chi connectivity index (χ0v) is 16.2. The smallest absolute Gasteiger partial charge is 0.407 e. The van der Waals surface area contributed by atoms with Crippen molar-refractivity contribution in [1.82, 2.24) is 10.3 Å². The van der Waals surface area contributed by atoms with Crippen molar-refractivity contribution < 1.29 is 13.9 Å². The van der Waals surface area contributed by atoms with Gasteiger partial charge in [0.15, 0.2) is 11.0 Å². The lowest BCUT2D eigenvalue weighted by molar-refractivity contribution is 0.144. The summed E-state index contributed by atoms with van der Waals surface area (Å²) in [6, 6.07) is 17.6. The van der Waals surface area contributed by atoms with Crippen molar-refractivity contribution >= 4 is 23.8 Å². The summed E-state index contributed by atoms with van der Waals surface area (Å²) >= 11 is 5.55. The number of amides is 1. The van der Waals surface area contributed by atoms with Crippen LogP contribution in [0.15, 0.2) is 66.9 Å². The molecule has 1 amide bonds. The van der Waals surface area contributed by atoms with Crippen LogP contribution in [0, 0.1) is 5.82 Å². The number of rotatable bonds is 5. The fourth-order valence-electron chi connectivity index (χ4n) is 3.51. The van der Waals surface area contributed by atoms with Crippen molar-refractivity contribution in [2.45, 2.75) is 5.92 Å². The maximum atomic E-state index is 13.4. The maximum Gasteiger partial charge on any atom is 0.407 e. The molecule has 29 heavy (non-hydrogen) atoms. The van der Waals surface area contributed by atoms with Gasteiger partial charge < -0.3 is 10.1 Å². The highest BCUT2D eigenvalue weighted by molar-refractivity contribution is 6.29. The predicted octanol–water partition coefficient (Wildman–Crippen LogP) is 5.43. The Labute approximate surface area is 173 Å². The molecule has 1 aliphatic rings. The van der Waals surface area contributed by atoms with Crippen molar-refractivity contribution in [2.24, 2.45) is 0 Å². The standard InChI is InChI=1S/C23H18ClFN2O2/c24-22-21(25)12-15(13-27-22)6-5-11-26-23(28)29-14-20-18-9-3-1-7-16(18)17-8-2-4-10-19(17)20/h1-10,12-13,20H,11,14H2,(H,26,28). The Balaban J connectivity index is 1.33. The monoisotopic (exact) mass is 408 g/mol. The zero-order valence-electron chi connectivity index (χ0n) is 15.4. The molecule has 1 aliphatic carbocycles. The van der Waals surface area contributed by atoms with Crippen LogP contribution in [0.1, 0.15) is 22.6 Å². The number of alkyl carbamates (subject to hydrolysis) is 1. The number of pyridine rings is 1. The molecule has 0 bridgehead atoms. The molecule has 4 rings (SSSR count). The van der Waals surface area contributed by atoms with Gasteiger partial charge in [-0.3, -0.25) is 0 Å². The van der Waals surface area contributed by atoms with Crippen LogP contribution in [0.2, 0.25) is 5.15 Å². The maximum absolute atomic E-state index is 13.4. The van der Waals surface area contributed by atoms with E-state index in [1.807, 2.05) is 24.3 Å². The van der Waals surface area contributed by atoms with Crippen molar-refractivity contribution in [3.05, 3.63) is 94.5 Å². The normalized spacial score (nSPS) is 12.6. The number of benzene rings is 2. The summed E-state index contributed by atoms with van der Waals surface area (Å²) in [5.74, 6) is -0.565. The Hall–Kier alpha value is -3.18. The first-order valence-corrected chi connectivity index (χ1v) is 9.57. The summed E-state index contributed by atoms with van der Waals surface area (Å²) in [5, 5.41) is 2.49. The van der Waals surface area contributed by atoms with Crippen LogP contribution in [0.25, 0.3) is 17.2 Å². The molecule has 0 unspecified atom stereocenters. The van der Waals surface area contributed by atoms with E-state index in [1.54, 1.807) is 12.2 Å². The van der Waals surface area contributed by atoms with Gasteiger partial charge in [0.25, 0.3) is 0 Å². The molecule has 0 spiro atoms. The number of nitrogens with zero attached hydrogens (tertiary/aromatic N) is 1. The van der Waals surface area contributed by atoms with E-state index >= 15 is 0 Å². The van der Waals surface area contributed by atoms with E-state index in [2.05, 4.69) is 34.6 Å². The predicted molar refractivity (Wildman–Crippen MR) is 111 cm³/mol. The molecule has 146 valence electrons. The molecule has 1 aromatic heterocycles. The van der Waals surface area contributed by atoms with Gasteiger partial charge in [0.2, 0.25) is 0 Å². The number of hydrogen-bond donors (Lipinski definition) is 1. The molecule has 0 aliphatic heterocycles. The Morgan fingerprint density at radius 3 is 2.45 bits per heavy atom. The van der Waals surface area contributed by atoms with Gasteiger partial charge in [-0.05, 0) is 33.9 Å². The lowest BCUT2D eigenvalue weighted by Gasteiger charge is -2.14. The molecule has 3 aromatic rings. The molecule has 0 atom stereocenters. The molecule has 0 radical (unpaired) electrons. The SMILES string of the molecule is O=C(NCC=Cc1cnc(Cl)c(F)c1)OCC1c2ccccc2-c2ccccc21. The van der Waals surface area contributed by atoms with Crippen LogP contribution in [0.4, 0.5) is 9.18 Å². The highest BCUT2D eigenvalue weighted by Crippen LogP contribution is 2.44. The second-order valence-corrected chi connectivity index (χ2v) is 7.01. The lowest BCUT2D eigenvalue weighted by Crippen LogP contribution is -2.26. The summed E-state index contributed by atoms with van der Waals surface area (Å²) in [4.78, 5) is 15.8. The molecule has 0 fully saturated rings. The van der Waals surface area contributed by atoms with Crippen molar-refractivity contribution in [3.8, 4) is 11.1 Å². The van der Waals surface area contributed by atoms with E-state index in [0.717, 1.165) is 0 Å². The van der Waals surface area contributed by atoms with Crippen LogP contribution in [0.3, 0.4) is 0 Å². The van der Waals surface area contributed by atoms with Gasteiger partial charge in [-0.2, -0.15) is 0 Å². The fraction of sp³-hybridized carbons (Fsp3) is 0.130. The van der Waals surface area contributed by atoms with E-state index in [-0.39, 0.29) is 24.2 Å². The molecule has 1 heterocycles. The average molecular weight is 409 g/mol. The first-order valence-electron chi connectivity index (χ1n) is 9.20. The van der Waals surface area contributed by atoms with Crippen LogP contribution in [0.5, 0.6) is 0 Å². The molecular weight excluding hydrogens is 391 g/mol. The van der Waals surface area contributed by atoms with Crippen LogP contribution < -0.4 is 5.32 Å². The summed E-state index contributed by atoms with van der Waals surface area (Å²) in [7, 11) is 0. The van der Waals surface area contributed by atoms with Crippen molar-refractivity contribution in [3.63, 3.8) is 0 Å².